The number of nitrogen functional groups attached to an aromatic ring is 1. The number of hydrogen-bond donors (Lipinski definition) is 1. The predicted molar refractivity (Wildman–Crippen MR) is 112 cm³/mol. The number of aromatic nitrogens is 3. The Morgan fingerprint density at radius 1 is 1.04 bits per heavy atom. The van der Waals surface area contributed by atoms with Crippen LogP contribution in [0.15, 0.2) is 48.7 Å². The molecule has 1 aliphatic heterocycles. The van der Waals surface area contributed by atoms with Crippen LogP contribution in [0, 0.1) is 6.07 Å². The lowest BCUT2D eigenvalue weighted by Crippen LogP contribution is -2.36. The van der Waals surface area contributed by atoms with Gasteiger partial charge in [-0.1, -0.05) is 24.3 Å². The molecule has 1 fully saturated rings. The highest BCUT2D eigenvalue weighted by atomic mass is 32.1. The first-order chi connectivity index (χ1) is 13.8. The number of nitrogens with zero attached hydrogens (tertiary/aromatic N) is 4. The zero-order chi connectivity index (χ0) is 18.9. The van der Waals surface area contributed by atoms with E-state index in [-0.39, 0.29) is 0 Å². The average molecular weight is 388 g/mol. The molecule has 2 N–H and O–H groups in total. The van der Waals surface area contributed by atoms with Crippen molar-refractivity contribution in [1.82, 2.24) is 15.0 Å². The molecule has 0 aliphatic carbocycles. The lowest BCUT2D eigenvalue weighted by Gasteiger charge is -2.28. The number of nitrogens with two attached hydrogens (primary N) is 1. The van der Waals surface area contributed by atoms with Crippen molar-refractivity contribution in [2.75, 3.05) is 36.9 Å². The number of benzene rings is 1. The highest BCUT2D eigenvalue weighted by Crippen LogP contribution is 2.38. The number of pyridine rings is 1. The Bertz CT molecular complexity index is 1110. The third-order valence-corrected chi connectivity index (χ3v) is 5.88. The molecule has 139 valence electrons. The summed E-state index contributed by atoms with van der Waals surface area (Å²) in [5, 5.41) is 0. The van der Waals surface area contributed by atoms with Crippen molar-refractivity contribution in [3.05, 3.63) is 54.7 Å². The van der Waals surface area contributed by atoms with Crippen LogP contribution in [0.4, 0.5) is 11.6 Å². The highest BCUT2D eigenvalue weighted by molar-refractivity contribution is 7.22. The third kappa shape index (κ3) is 3.19. The summed E-state index contributed by atoms with van der Waals surface area (Å²) in [6.07, 6.45) is 1.72. The number of ether oxygens (including phenoxy) is 1. The van der Waals surface area contributed by atoms with E-state index in [2.05, 4.69) is 34.1 Å². The Kier molecular flexibility index (Phi) is 4.38. The number of rotatable bonds is 3. The fourth-order valence-corrected chi connectivity index (χ4v) is 4.38. The standard InChI is InChI=1S/C21H18N5OS/c22-18-7-6-15(13-23-18)20-24-16-12-17(14-4-2-1-3-5-14)28-19(16)21(25-20)26-8-10-27-11-9-26/h2-7,12-13H,8-11H2,(H2,22,23). The molecule has 4 heterocycles. The van der Waals surface area contributed by atoms with E-state index in [0.717, 1.165) is 40.3 Å². The molecule has 0 bridgehead atoms. The number of anilines is 2. The second kappa shape index (κ2) is 7.18. The number of hydrogen-bond acceptors (Lipinski definition) is 7. The summed E-state index contributed by atoms with van der Waals surface area (Å²) in [6.45, 7) is 3.05. The van der Waals surface area contributed by atoms with Crippen LogP contribution in [-0.4, -0.2) is 41.3 Å². The second-order valence-corrected chi connectivity index (χ2v) is 7.61. The minimum atomic E-state index is 0.483. The summed E-state index contributed by atoms with van der Waals surface area (Å²) in [7, 11) is 0. The maximum absolute atomic E-state index is 5.73. The molecule has 0 atom stereocenters. The van der Waals surface area contributed by atoms with Crippen LogP contribution in [0.3, 0.4) is 0 Å². The summed E-state index contributed by atoms with van der Waals surface area (Å²) >= 11 is 1.72. The Morgan fingerprint density at radius 2 is 1.86 bits per heavy atom. The van der Waals surface area contributed by atoms with Crippen LogP contribution in [0.2, 0.25) is 0 Å². The zero-order valence-corrected chi connectivity index (χ0v) is 15.9. The summed E-state index contributed by atoms with van der Waals surface area (Å²) in [4.78, 5) is 17.4. The topological polar surface area (TPSA) is 77.2 Å². The molecule has 0 unspecified atom stereocenters. The van der Waals surface area contributed by atoms with Crippen LogP contribution >= 0.6 is 11.3 Å². The van der Waals surface area contributed by atoms with Gasteiger partial charge in [-0.15, -0.1) is 11.3 Å². The van der Waals surface area contributed by atoms with E-state index in [0.29, 0.717) is 24.9 Å². The number of thiophene rings is 1. The van der Waals surface area contributed by atoms with E-state index in [4.69, 9.17) is 20.4 Å². The van der Waals surface area contributed by atoms with Gasteiger partial charge in [0.2, 0.25) is 0 Å². The zero-order valence-electron chi connectivity index (χ0n) is 15.1. The van der Waals surface area contributed by atoms with Crippen molar-refractivity contribution >= 4 is 33.2 Å². The molecule has 7 heteroatoms. The molecule has 4 aromatic rings. The normalized spacial score (nSPS) is 14.5. The van der Waals surface area contributed by atoms with E-state index >= 15 is 0 Å². The van der Waals surface area contributed by atoms with Crippen molar-refractivity contribution in [3.8, 4) is 21.8 Å². The highest BCUT2D eigenvalue weighted by Gasteiger charge is 2.20. The van der Waals surface area contributed by atoms with Crippen molar-refractivity contribution < 1.29 is 4.74 Å². The minimum absolute atomic E-state index is 0.483. The third-order valence-electron chi connectivity index (χ3n) is 4.71. The Labute approximate surface area is 166 Å². The molecule has 1 radical (unpaired) electrons. The molecule has 6 nitrogen and oxygen atoms in total. The van der Waals surface area contributed by atoms with Gasteiger partial charge in [0.05, 0.1) is 23.4 Å². The van der Waals surface area contributed by atoms with E-state index in [1.165, 1.54) is 4.88 Å². The lowest BCUT2D eigenvalue weighted by atomic mass is 10.2. The monoisotopic (exact) mass is 388 g/mol. The van der Waals surface area contributed by atoms with Crippen LogP contribution in [0.1, 0.15) is 0 Å². The molecule has 5 rings (SSSR count). The van der Waals surface area contributed by atoms with Crippen molar-refractivity contribution in [3.63, 3.8) is 0 Å². The first-order valence-corrected chi connectivity index (χ1v) is 9.92. The van der Waals surface area contributed by atoms with Crippen molar-refractivity contribution in [2.24, 2.45) is 0 Å². The van der Waals surface area contributed by atoms with Gasteiger partial charge in [0.25, 0.3) is 0 Å². The van der Waals surface area contributed by atoms with Gasteiger partial charge in [-0.05, 0) is 29.8 Å². The maximum atomic E-state index is 5.73. The fourth-order valence-electron chi connectivity index (χ4n) is 3.26. The minimum Gasteiger partial charge on any atom is -0.384 e. The number of morpholine rings is 1. The average Bonchev–Trinajstić information content (AvgIpc) is 3.19. The van der Waals surface area contributed by atoms with Gasteiger partial charge in [0.15, 0.2) is 11.6 Å². The molecule has 0 amide bonds. The van der Waals surface area contributed by atoms with Crippen LogP contribution in [0.25, 0.3) is 32.0 Å². The van der Waals surface area contributed by atoms with Gasteiger partial charge in [-0.2, -0.15) is 0 Å². The molecule has 1 saturated heterocycles. The summed E-state index contributed by atoms with van der Waals surface area (Å²) in [5.41, 5.74) is 8.69. The van der Waals surface area contributed by atoms with E-state index in [9.17, 15) is 0 Å². The predicted octanol–water partition coefficient (Wildman–Crippen LogP) is 3.64. The summed E-state index contributed by atoms with van der Waals surface area (Å²) in [6, 6.07) is 16.9. The smallest absolute Gasteiger partial charge is 0.163 e. The molecule has 3 aromatic heterocycles. The van der Waals surface area contributed by atoms with Crippen molar-refractivity contribution in [1.29, 1.82) is 0 Å². The molecular weight excluding hydrogens is 370 g/mol. The van der Waals surface area contributed by atoms with Crippen LogP contribution < -0.4 is 10.6 Å². The van der Waals surface area contributed by atoms with E-state index in [1.807, 2.05) is 18.2 Å². The van der Waals surface area contributed by atoms with Gasteiger partial charge in [-0.25, -0.2) is 15.0 Å². The Morgan fingerprint density at radius 3 is 2.61 bits per heavy atom. The molecular formula is C21H18N5OS. The fraction of sp³-hybridized carbons (Fsp3) is 0.190. The molecule has 0 spiro atoms. The largest absolute Gasteiger partial charge is 0.384 e. The van der Waals surface area contributed by atoms with E-state index in [1.54, 1.807) is 23.6 Å². The van der Waals surface area contributed by atoms with Gasteiger partial charge in [-0.3, -0.25) is 0 Å². The Balaban J connectivity index is 1.68. The van der Waals surface area contributed by atoms with Gasteiger partial charge in [0, 0.05) is 29.7 Å². The molecule has 1 aromatic carbocycles. The number of fused-ring (bicyclic) bond motifs is 1. The Hall–Kier alpha value is -3.03. The lowest BCUT2D eigenvalue weighted by molar-refractivity contribution is 0.122. The summed E-state index contributed by atoms with van der Waals surface area (Å²) in [5.74, 6) is 2.10. The van der Waals surface area contributed by atoms with Crippen LogP contribution in [0.5, 0.6) is 0 Å². The van der Waals surface area contributed by atoms with Gasteiger partial charge >= 0.3 is 0 Å². The maximum Gasteiger partial charge on any atom is 0.163 e. The van der Waals surface area contributed by atoms with Gasteiger partial charge in [0.1, 0.15) is 5.82 Å². The first kappa shape index (κ1) is 17.1. The molecule has 0 saturated carbocycles. The second-order valence-electron chi connectivity index (χ2n) is 6.56. The quantitative estimate of drug-likeness (QED) is 0.577. The summed E-state index contributed by atoms with van der Waals surface area (Å²) < 4.78 is 6.62. The van der Waals surface area contributed by atoms with E-state index < -0.39 is 0 Å². The van der Waals surface area contributed by atoms with Gasteiger partial charge < -0.3 is 15.4 Å². The van der Waals surface area contributed by atoms with Crippen LogP contribution in [-0.2, 0) is 4.74 Å². The molecule has 28 heavy (non-hydrogen) atoms. The van der Waals surface area contributed by atoms with Crippen molar-refractivity contribution in [2.45, 2.75) is 0 Å². The SMILES string of the molecule is Nc1ccc(-c2nc(N3CCOCC3)c3sc(-c4cc[c]cc4)cc3n2)cn1. The molecule has 1 aliphatic rings. The first-order valence-electron chi connectivity index (χ1n) is 9.10.